The number of fused-ring (bicyclic) bond motifs is 1. The number of benzene rings is 1. The first-order valence-electron chi connectivity index (χ1n) is 6.03. The minimum Gasteiger partial charge on any atom is -0.486 e. The Morgan fingerprint density at radius 2 is 2.11 bits per heavy atom. The molecule has 0 aliphatic carbocycles. The van der Waals surface area contributed by atoms with Gasteiger partial charge in [-0.2, -0.15) is 0 Å². The van der Waals surface area contributed by atoms with E-state index in [1.54, 1.807) is 12.1 Å². The van der Waals surface area contributed by atoms with Crippen molar-refractivity contribution in [2.45, 2.75) is 19.4 Å². The van der Waals surface area contributed by atoms with Gasteiger partial charge in [0.05, 0.1) is 4.47 Å². The average Bonchev–Trinajstić information content (AvgIpc) is 2.35. The van der Waals surface area contributed by atoms with Crippen LogP contribution in [0.1, 0.15) is 24.2 Å². The largest absolute Gasteiger partial charge is 0.486 e. The van der Waals surface area contributed by atoms with E-state index in [9.17, 15) is 4.79 Å². The molecule has 0 saturated heterocycles. The zero-order chi connectivity index (χ0) is 14.0. The van der Waals surface area contributed by atoms with E-state index in [0.29, 0.717) is 41.3 Å². The lowest BCUT2D eigenvalue weighted by Gasteiger charge is -2.21. The normalized spacial score (nSPS) is 14.1. The van der Waals surface area contributed by atoms with Crippen molar-refractivity contribution in [1.29, 1.82) is 0 Å². The Balaban J connectivity index is 2.16. The van der Waals surface area contributed by atoms with Gasteiger partial charge in [-0.25, -0.2) is 0 Å². The molecule has 1 aromatic carbocycles. The summed E-state index contributed by atoms with van der Waals surface area (Å²) in [6.07, 6.45) is 0. The van der Waals surface area contributed by atoms with Crippen LogP contribution in [0.3, 0.4) is 0 Å². The van der Waals surface area contributed by atoms with Crippen molar-refractivity contribution in [3.05, 3.63) is 22.2 Å². The fourth-order valence-corrected chi connectivity index (χ4v) is 2.21. The molecule has 0 fully saturated rings. The maximum Gasteiger partial charge on any atom is 0.251 e. The van der Waals surface area contributed by atoms with Crippen molar-refractivity contribution in [3.63, 3.8) is 0 Å². The van der Waals surface area contributed by atoms with Crippen LogP contribution in [0.5, 0.6) is 11.5 Å². The Morgan fingerprint density at radius 1 is 1.42 bits per heavy atom. The molecule has 0 aromatic heterocycles. The number of amides is 1. The lowest BCUT2D eigenvalue weighted by atomic mass is 10.1. The van der Waals surface area contributed by atoms with Gasteiger partial charge in [0, 0.05) is 17.6 Å². The summed E-state index contributed by atoms with van der Waals surface area (Å²) < 4.78 is 11.7. The van der Waals surface area contributed by atoms with Crippen molar-refractivity contribution >= 4 is 21.8 Å². The van der Waals surface area contributed by atoms with E-state index in [1.807, 2.05) is 13.8 Å². The van der Waals surface area contributed by atoms with Gasteiger partial charge in [-0.15, -0.1) is 0 Å². The summed E-state index contributed by atoms with van der Waals surface area (Å²) in [5, 5.41) is 2.79. The fourth-order valence-electron chi connectivity index (χ4n) is 1.65. The van der Waals surface area contributed by atoms with Crippen LogP contribution in [0.2, 0.25) is 0 Å². The number of nitrogens with one attached hydrogen (secondary N) is 1. The van der Waals surface area contributed by atoms with E-state index in [0.717, 1.165) is 0 Å². The minimum atomic E-state index is -0.444. The first kappa shape index (κ1) is 14.1. The topological polar surface area (TPSA) is 73.6 Å². The molecule has 6 heteroatoms. The van der Waals surface area contributed by atoms with Gasteiger partial charge in [0.15, 0.2) is 11.5 Å². The molecule has 3 N–H and O–H groups in total. The van der Waals surface area contributed by atoms with Crippen molar-refractivity contribution in [3.8, 4) is 11.5 Å². The van der Waals surface area contributed by atoms with Gasteiger partial charge in [-0.3, -0.25) is 4.79 Å². The first-order chi connectivity index (χ1) is 8.87. The highest BCUT2D eigenvalue weighted by atomic mass is 79.9. The van der Waals surface area contributed by atoms with E-state index in [1.165, 1.54) is 0 Å². The summed E-state index contributed by atoms with van der Waals surface area (Å²) in [4.78, 5) is 12.0. The van der Waals surface area contributed by atoms with Crippen LogP contribution < -0.4 is 20.5 Å². The maximum absolute atomic E-state index is 12.0. The number of carbonyl (C=O) groups is 1. The number of hydrogen-bond acceptors (Lipinski definition) is 4. The van der Waals surface area contributed by atoms with Crippen LogP contribution >= 0.6 is 15.9 Å². The van der Waals surface area contributed by atoms with Crippen molar-refractivity contribution < 1.29 is 14.3 Å². The number of nitrogens with two attached hydrogens (primary N) is 1. The second-order valence-corrected chi connectivity index (χ2v) is 6.01. The molecule has 5 nitrogen and oxygen atoms in total. The predicted molar refractivity (Wildman–Crippen MR) is 75.7 cm³/mol. The molecule has 1 aliphatic heterocycles. The summed E-state index contributed by atoms with van der Waals surface area (Å²) in [6, 6.07) is 3.39. The number of hydrogen-bond donors (Lipinski definition) is 2. The smallest absolute Gasteiger partial charge is 0.251 e. The van der Waals surface area contributed by atoms with Crippen LogP contribution in [0.4, 0.5) is 0 Å². The minimum absolute atomic E-state index is 0.184. The molecule has 2 rings (SSSR count). The van der Waals surface area contributed by atoms with Crippen LogP contribution in [-0.2, 0) is 0 Å². The number of halogens is 1. The Hall–Kier alpha value is -1.27. The number of rotatable bonds is 3. The molecule has 1 heterocycles. The Morgan fingerprint density at radius 3 is 2.79 bits per heavy atom. The molecule has 0 atom stereocenters. The molecular weight excluding hydrogens is 312 g/mol. The molecule has 19 heavy (non-hydrogen) atoms. The molecule has 1 amide bonds. The Bertz CT molecular complexity index is 497. The van der Waals surface area contributed by atoms with Gasteiger partial charge in [0.25, 0.3) is 5.91 Å². The van der Waals surface area contributed by atoms with Crippen molar-refractivity contribution in [2.75, 3.05) is 19.8 Å². The van der Waals surface area contributed by atoms with Crippen LogP contribution in [0, 0.1) is 0 Å². The van der Waals surface area contributed by atoms with E-state index in [-0.39, 0.29) is 5.91 Å². The second-order valence-electron chi connectivity index (χ2n) is 5.15. The standard InChI is InChI=1S/C13H17BrN2O3/c1-13(2,15)7-16-12(17)8-5-9(14)11-10(6-8)18-3-4-19-11/h5-6H,3-4,7,15H2,1-2H3,(H,16,17). The van der Waals surface area contributed by atoms with Gasteiger partial charge in [-0.05, 0) is 41.9 Å². The molecule has 0 radical (unpaired) electrons. The summed E-state index contributed by atoms with van der Waals surface area (Å²) in [6.45, 7) is 5.11. The lowest BCUT2D eigenvalue weighted by Crippen LogP contribution is -2.45. The molecular formula is C13H17BrN2O3. The van der Waals surface area contributed by atoms with Crippen LogP contribution in [0.25, 0.3) is 0 Å². The van der Waals surface area contributed by atoms with Crippen molar-refractivity contribution in [1.82, 2.24) is 5.32 Å². The van der Waals surface area contributed by atoms with Gasteiger partial charge < -0.3 is 20.5 Å². The summed E-state index contributed by atoms with van der Waals surface area (Å²) in [7, 11) is 0. The van der Waals surface area contributed by atoms with Crippen LogP contribution in [0.15, 0.2) is 16.6 Å². The molecule has 0 spiro atoms. The maximum atomic E-state index is 12.0. The van der Waals surface area contributed by atoms with Crippen LogP contribution in [-0.4, -0.2) is 31.2 Å². The Labute approximate surface area is 120 Å². The number of ether oxygens (including phenoxy) is 2. The molecule has 0 saturated carbocycles. The van der Waals surface area contributed by atoms with Gasteiger partial charge in [0.2, 0.25) is 0 Å². The highest BCUT2D eigenvalue weighted by Gasteiger charge is 2.20. The zero-order valence-corrected chi connectivity index (χ0v) is 12.5. The Kier molecular flexibility index (Phi) is 4.01. The van der Waals surface area contributed by atoms with Gasteiger partial charge in [-0.1, -0.05) is 0 Å². The highest BCUT2D eigenvalue weighted by Crippen LogP contribution is 2.38. The summed E-state index contributed by atoms with van der Waals surface area (Å²) >= 11 is 3.38. The third-order valence-corrected chi connectivity index (χ3v) is 3.15. The highest BCUT2D eigenvalue weighted by molar-refractivity contribution is 9.10. The first-order valence-corrected chi connectivity index (χ1v) is 6.82. The zero-order valence-electron chi connectivity index (χ0n) is 11.0. The second kappa shape index (κ2) is 5.38. The van der Waals surface area contributed by atoms with Crippen molar-refractivity contribution in [2.24, 2.45) is 5.73 Å². The molecule has 104 valence electrons. The van der Waals surface area contributed by atoms with E-state index in [2.05, 4.69) is 21.2 Å². The molecule has 0 unspecified atom stereocenters. The number of carbonyl (C=O) groups excluding carboxylic acids is 1. The average molecular weight is 329 g/mol. The van der Waals surface area contributed by atoms with E-state index >= 15 is 0 Å². The quantitative estimate of drug-likeness (QED) is 0.885. The molecule has 0 bridgehead atoms. The fraction of sp³-hybridized carbons (Fsp3) is 0.462. The summed E-state index contributed by atoms with van der Waals surface area (Å²) in [5.74, 6) is 1.04. The monoisotopic (exact) mass is 328 g/mol. The SMILES string of the molecule is CC(C)(N)CNC(=O)c1cc(Br)c2c(c1)OCCO2. The van der Waals surface area contributed by atoms with Gasteiger partial charge >= 0.3 is 0 Å². The molecule has 1 aliphatic rings. The lowest BCUT2D eigenvalue weighted by molar-refractivity contribution is 0.0944. The van der Waals surface area contributed by atoms with E-state index in [4.69, 9.17) is 15.2 Å². The van der Waals surface area contributed by atoms with Gasteiger partial charge in [0.1, 0.15) is 13.2 Å². The molecule has 1 aromatic rings. The third-order valence-electron chi connectivity index (χ3n) is 2.56. The third kappa shape index (κ3) is 3.61. The summed E-state index contributed by atoms with van der Waals surface area (Å²) in [5.41, 5.74) is 5.90. The predicted octanol–water partition coefficient (Wildman–Crippen LogP) is 1.69. The van der Waals surface area contributed by atoms with E-state index < -0.39 is 5.54 Å².